The first-order valence-corrected chi connectivity index (χ1v) is 8.75. The number of rotatable bonds is 7. The molecule has 1 unspecified atom stereocenters. The third-order valence-electron chi connectivity index (χ3n) is 4.15. The quantitative estimate of drug-likeness (QED) is 0.586. The van der Waals surface area contributed by atoms with Gasteiger partial charge in [-0.2, -0.15) is 0 Å². The van der Waals surface area contributed by atoms with Crippen LogP contribution in [0.15, 0.2) is 73.1 Å². The fourth-order valence-corrected chi connectivity index (χ4v) is 2.98. The van der Waals surface area contributed by atoms with Gasteiger partial charge < -0.3 is 4.74 Å². The fourth-order valence-electron chi connectivity index (χ4n) is 2.85. The van der Waals surface area contributed by atoms with E-state index in [4.69, 9.17) is 16.3 Å². The SMILES string of the molecule is CN(CCOc1ccc(Cl)cc1)C(c1ccc(F)cc1)c1cccnc1. The Labute approximate surface area is 158 Å². The molecule has 0 radical (unpaired) electrons. The van der Waals surface area contributed by atoms with Crippen LogP contribution in [0.5, 0.6) is 5.75 Å². The predicted octanol–water partition coefficient (Wildman–Crippen LogP) is 4.97. The average Bonchev–Trinajstić information content (AvgIpc) is 2.66. The van der Waals surface area contributed by atoms with Crippen molar-refractivity contribution in [1.82, 2.24) is 9.88 Å². The number of halogens is 2. The second-order valence-electron chi connectivity index (χ2n) is 6.02. The molecule has 26 heavy (non-hydrogen) atoms. The van der Waals surface area contributed by atoms with Gasteiger partial charge in [-0.25, -0.2) is 4.39 Å². The van der Waals surface area contributed by atoms with Crippen molar-refractivity contribution in [1.29, 1.82) is 0 Å². The first-order valence-electron chi connectivity index (χ1n) is 8.37. The number of likely N-dealkylation sites (N-methyl/N-ethyl adjacent to an activating group) is 1. The number of ether oxygens (including phenoxy) is 1. The second kappa shape index (κ2) is 8.79. The zero-order valence-corrected chi connectivity index (χ0v) is 15.2. The Morgan fingerprint density at radius 3 is 2.42 bits per heavy atom. The van der Waals surface area contributed by atoms with E-state index in [-0.39, 0.29) is 11.9 Å². The molecular weight excluding hydrogens is 351 g/mol. The highest BCUT2D eigenvalue weighted by atomic mass is 35.5. The van der Waals surface area contributed by atoms with Crippen molar-refractivity contribution < 1.29 is 9.13 Å². The highest BCUT2D eigenvalue weighted by Gasteiger charge is 2.19. The molecule has 5 heteroatoms. The summed E-state index contributed by atoms with van der Waals surface area (Å²) in [7, 11) is 2.02. The van der Waals surface area contributed by atoms with Crippen molar-refractivity contribution in [3.8, 4) is 5.75 Å². The molecule has 1 aromatic heterocycles. The van der Waals surface area contributed by atoms with Gasteiger partial charge in [0.15, 0.2) is 0 Å². The summed E-state index contributed by atoms with van der Waals surface area (Å²) >= 11 is 5.89. The minimum Gasteiger partial charge on any atom is -0.492 e. The molecule has 1 heterocycles. The molecule has 0 saturated heterocycles. The first kappa shape index (κ1) is 18.4. The molecule has 3 nitrogen and oxygen atoms in total. The maximum atomic E-state index is 13.3. The van der Waals surface area contributed by atoms with Gasteiger partial charge in [-0.05, 0) is 60.6 Å². The monoisotopic (exact) mass is 370 g/mol. The Morgan fingerprint density at radius 1 is 1.04 bits per heavy atom. The summed E-state index contributed by atoms with van der Waals surface area (Å²) in [4.78, 5) is 6.39. The van der Waals surface area contributed by atoms with Crippen LogP contribution < -0.4 is 4.74 Å². The summed E-state index contributed by atoms with van der Waals surface area (Å²) in [6.07, 6.45) is 3.58. The largest absolute Gasteiger partial charge is 0.492 e. The lowest BCUT2D eigenvalue weighted by Gasteiger charge is -2.28. The van der Waals surface area contributed by atoms with Crippen LogP contribution in [-0.4, -0.2) is 30.1 Å². The van der Waals surface area contributed by atoms with E-state index < -0.39 is 0 Å². The van der Waals surface area contributed by atoms with Crippen molar-refractivity contribution in [3.05, 3.63) is 95.0 Å². The third kappa shape index (κ3) is 4.81. The van der Waals surface area contributed by atoms with Crippen LogP contribution in [0.2, 0.25) is 5.02 Å². The number of hydrogen-bond acceptors (Lipinski definition) is 3. The van der Waals surface area contributed by atoms with Crippen molar-refractivity contribution in [2.45, 2.75) is 6.04 Å². The van der Waals surface area contributed by atoms with Gasteiger partial charge in [0, 0.05) is 24.0 Å². The summed E-state index contributed by atoms with van der Waals surface area (Å²) in [6, 6.07) is 17.8. The van der Waals surface area contributed by atoms with E-state index in [0.717, 1.165) is 16.9 Å². The summed E-state index contributed by atoms with van der Waals surface area (Å²) in [5.74, 6) is 0.537. The molecular formula is C21H20ClFN2O. The highest BCUT2D eigenvalue weighted by molar-refractivity contribution is 6.30. The molecule has 0 saturated carbocycles. The van der Waals surface area contributed by atoms with Crippen LogP contribution in [0.1, 0.15) is 17.2 Å². The zero-order chi connectivity index (χ0) is 18.4. The lowest BCUT2D eigenvalue weighted by atomic mass is 9.99. The molecule has 0 aliphatic heterocycles. The Bertz CT molecular complexity index is 810. The van der Waals surface area contributed by atoms with E-state index in [1.54, 1.807) is 18.3 Å². The molecule has 3 aromatic rings. The van der Waals surface area contributed by atoms with Crippen LogP contribution in [0.3, 0.4) is 0 Å². The second-order valence-corrected chi connectivity index (χ2v) is 6.46. The molecule has 0 aliphatic carbocycles. The van der Waals surface area contributed by atoms with Crippen LogP contribution >= 0.6 is 11.6 Å². The maximum absolute atomic E-state index is 13.3. The highest BCUT2D eigenvalue weighted by Crippen LogP contribution is 2.27. The van der Waals surface area contributed by atoms with Crippen molar-refractivity contribution in [2.75, 3.05) is 20.2 Å². The molecule has 134 valence electrons. The van der Waals surface area contributed by atoms with Gasteiger partial charge in [0.1, 0.15) is 18.2 Å². The molecule has 0 bridgehead atoms. The molecule has 3 rings (SSSR count). The molecule has 0 amide bonds. The summed E-state index contributed by atoms with van der Waals surface area (Å²) in [5, 5.41) is 0.683. The van der Waals surface area contributed by atoms with E-state index in [1.165, 1.54) is 12.1 Å². The Hall–Kier alpha value is -2.43. The van der Waals surface area contributed by atoms with Crippen LogP contribution in [0.25, 0.3) is 0 Å². The Balaban J connectivity index is 1.71. The number of hydrogen-bond donors (Lipinski definition) is 0. The van der Waals surface area contributed by atoms with Gasteiger partial charge in [0.25, 0.3) is 0 Å². The Morgan fingerprint density at radius 2 is 1.77 bits per heavy atom. The molecule has 1 atom stereocenters. The number of pyridine rings is 1. The maximum Gasteiger partial charge on any atom is 0.123 e. The lowest BCUT2D eigenvalue weighted by Crippen LogP contribution is -2.30. The van der Waals surface area contributed by atoms with E-state index in [9.17, 15) is 4.39 Å². The van der Waals surface area contributed by atoms with Crippen LogP contribution in [0.4, 0.5) is 4.39 Å². The first-order chi connectivity index (χ1) is 12.6. The third-order valence-corrected chi connectivity index (χ3v) is 4.41. The molecule has 0 spiro atoms. The number of nitrogens with zero attached hydrogens (tertiary/aromatic N) is 2. The van der Waals surface area contributed by atoms with Gasteiger partial charge in [-0.1, -0.05) is 29.8 Å². The Kier molecular flexibility index (Phi) is 6.21. The smallest absolute Gasteiger partial charge is 0.123 e. The number of aromatic nitrogens is 1. The summed E-state index contributed by atoms with van der Waals surface area (Å²) < 4.78 is 19.1. The minimum atomic E-state index is -0.243. The van der Waals surface area contributed by atoms with E-state index in [1.807, 2.05) is 49.6 Å². The number of benzene rings is 2. The predicted molar refractivity (Wildman–Crippen MR) is 102 cm³/mol. The van der Waals surface area contributed by atoms with Crippen LogP contribution in [-0.2, 0) is 0 Å². The molecule has 0 aliphatic rings. The van der Waals surface area contributed by atoms with E-state index >= 15 is 0 Å². The minimum absolute atomic E-state index is 0.0295. The van der Waals surface area contributed by atoms with Gasteiger partial charge in [0.05, 0.1) is 6.04 Å². The van der Waals surface area contributed by atoms with Gasteiger partial charge in [-0.15, -0.1) is 0 Å². The van der Waals surface area contributed by atoms with Crippen molar-refractivity contribution >= 4 is 11.6 Å². The van der Waals surface area contributed by atoms with Crippen LogP contribution in [0, 0.1) is 5.82 Å². The molecule has 2 aromatic carbocycles. The van der Waals surface area contributed by atoms with Gasteiger partial charge in [0.2, 0.25) is 0 Å². The van der Waals surface area contributed by atoms with Gasteiger partial charge in [-0.3, -0.25) is 9.88 Å². The summed E-state index contributed by atoms with van der Waals surface area (Å²) in [6.45, 7) is 1.22. The standard InChI is InChI=1S/C21H20ClFN2O/c1-25(13-14-26-20-10-6-18(22)7-11-20)21(17-3-2-12-24-15-17)16-4-8-19(23)9-5-16/h2-12,15,21H,13-14H2,1H3. The van der Waals surface area contributed by atoms with E-state index in [2.05, 4.69) is 9.88 Å². The topological polar surface area (TPSA) is 25.4 Å². The summed E-state index contributed by atoms with van der Waals surface area (Å²) in [5.41, 5.74) is 2.06. The van der Waals surface area contributed by atoms with Crippen molar-refractivity contribution in [3.63, 3.8) is 0 Å². The van der Waals surface area contributed by atoms with E-state index in [0.29, 0.717) is 18.2 Å². The fraction of sp³-hybridized carbons (Fsp3) is 0.190. The zero-order valence-electron chi connectivity index (χ0n) is 14.5. The molecule has 0 fully saturated rings. The van der Waals surface area contributed by atoms with Crippen molar-refractivity contribution in [2.24, 2.45) is 0 Å². The lowest BCUT2D eigenvalue weighted by molar-refractivity contribution is 0.210. The normalized spacial score (nSPS) is 12.2. The average molecular weight is 371 g/mol. The van der Waals surface area contributed by atoms with Gasteiger partial charge >= 0.3 is 0 Å². The molecule has 0 N–H and O–H groups in total.